The lowest BCUT2D eigenvalue weighted by Crippen LogP contribution is -2.45. The lowest BCUT2D eigenvalue weighted by molar-refractivity contribution is 0.0953. The van der Waals surface area contributed by atoms with Crippen LogP contribution in [-0.2, 0) is 0 Å². The molecule has 33 heavy (non-hydrogen) atoms. The van der Waals surface area contributed by atoms with E-state index in [1.165, 1.54) is 31.0 Å². The highest BCUT2D eigenvalue weighted by molar-refractivity contribution is 6.00. The van der Waals surface area contributed by atoms with Crippen LogP contribution in [0.25, 0.3) is 10.9 Å². The Kier molecular flexibility index (Phi) is 5.37. The average Bonchev–Trinajstić information content (AvgIpc) is 3.31. The number of furan rings is 1. The summed E-state index contributed by atoms with van der Waals surface area (Å²) in [5, 5.41) is 3.98. The molecule has 1 amide bonds. The highest BCUT2D eigenvalue weighted by atomic mass is 19.1. The van der Waals surface area contributed by atoms with Crippen molar-refractivity contribution >= 4 is 28.7 Å². The maximum atomic E-state index is 15.4. The topological polar surface area (TPSA) is 92.3 Å². The lowest BCUT2D eigenvalue weighted by atomic mass is 10.0. The molecule has 0 bridgehead atoms. The predicted octanol–water partition coefficient (Wildman–Crippen LogP) is 2.20. The number of aromatic nitrogens is 1. The molecular weight excluding hydrogens is 429 g/mol. The summed E-state index contributed by atoms with van der Waals surface area (Å²) in [6.45, 7) is 5.14. The molecular formula is C23H24FN5O4. The zero-order chi connectivity index (χ0) is 23.1. The van der Waals surface area contributed by atoms with Gasteiger partial charge in [-0.25, -0.2) is 9.82 Å². The number of hydrogen-bond acceptors (Lipinski definition) is 7. The van der Waals surface area contributed by atoms with Crippen molar-refractivity contribution in [1.82, 2.24) is 14.9 Å². The fraction of sp³-hybridized carbons (Fsp3) is 0.348. The van der Waals surface area contributed by atoms with Crippen LogP contribution < -0.4 is 20.5 Å². The number of ether oxygens (including phenoxy) is 1. The minimum atomic E-state index is -0.672. The molecule has 0 aliphatic carbocycles. The first-order valence-corrected chi connectivity index (χ1v) is 10.8. The van der Waals surface area contributed by atoms with Gasteiger partial charge in [0, 0.05) is 37.9 Å². The molecule has 2 aliphatic heterocycles. The van der Waals surface area contributed by atoms with Gasteiger partial charge in [-0.15, -0.1) is 0 Å². The minimum Gasteiger partial charge on any atom is -0.487 e. The molecule has 5 rings (SSSR count). The van der Waals surface area contributed by atoms with Crippen molar-refractivity contribution in [2.24, 2.45) is 5.10 Å². The van der Waals surface area contributed by atoms with Gasteiger partial charge in [0.15, 0.2) is 11.6 Å². The Labute approximate surface area is 189 Å². The molecule has 2 aromatic heterocycles. The van der Waals surface area contributed by atoms with Crippen LogP contribution in [0.5, 0.6) is 5.75 Å². The smallest absolute Gasteiger partial charge is 0.276 e. The quantitative estimate of drug-likeness (QED) is 0.481. The van der Waals surface area contributed by atoms with Gasteiger partial charge in [0.2, 0.25) is 5.43 Å². The van der Waals surface area contributed by atoms with E-state index in [-0.39, 0.29) is 17.0 Å². The van der Waals surface area contributed by atoms with E-state index in [9.17, 15) is 9.59 Å². The summed E-state index contributed by atoms with van der Waals surface area (Å²) in [6, 6.07) is 2.75. The summed E-state index contributed by atoms with van der Waals surface area (Å²) < 4.78 is 28.1. The van der Waals surface area contributed by atoms with Crippen molar-refractivity contribution < 1.29 is 18.3 Å². The minimum absolute atomic E-state index is 0.110. The standard InChI is InChI=1S/C23H24FN5O4/c1-14-12-33-22-19-16(9-18(24)20(22)28-6-4-27(2)5-7-28)21(30)17(11-29(14)19)23(31)26-25-10-15-3-8-32-13-15/h3,8-11,13-14H,4-7,12H2,1-2H3,(H,26,31)/b25-10+. The Morgan fingerprint density at radius 3 is 2.82 bits per heavy atom. The molecule has 1 unspecified atom stereocenters. The number of nitrogens with one attached hydrogen (secondary N) is 1. The Bertz CT molecular complexity index is 1290. The number of halogens is 1. The number of anilines is 1. The number of piperazine rings is 1. The van der Waals surface area contributed by atoms with Crippen LogP contribution in [0.4, 0.5) is 10.1 Å². The van der Waals surface area contributed by atoms with Crippen LogP contribution in [-0.4, -0.2) is 61.4 Å². The van der Waals surface area contributed by atoms with E-state index in [1.807, 2.05) is 23.4 Å². The molecule has 172 valence electrons. The number of hydrogen-bond donors (Lipinski definition) is 1. The highest BCUT2D eigenvalue weighted by Crippen LogP contribution is 2.42. The zero-order valence-electron chi connectivity index (χ0n) is 18.4. The first-order chi connectivity index (χ1) is 15.9. The van der Waals surface area contributed by atoms with Crippen molar-refractivity contribution in [2.45, 2.75) is 13.0 Å². The number of likely N-dealkylation sites (N-methyl/N-ethyl adjacent to an activating group) is 1. The van der Waals surface area contributed by atoms with E-state index >= 15 is 4.39 Å². The van der Waals surface area contributed by atoms with Gasteiger partial charge in [-0.05, 0) is 26.1 Å². The van der Waals surface area contributed by atoms with E-state index in [0.717, 1.165) is 13.1 Å². The Morgan fingerprint density at radius 1 is 1.30 bits per heavy atom. The molecule has 0 spiro atoms. The third-order valence-corrected chi connectivity index (χ3v) is 6.13. The number of benzene rings is 1. The monoisotopic (exact) mass is 453 g/mol. The second-order valence-corrected chi connectivity index (χ2v) is 8.42. The number of carbonyl (C=O) groups is 1. The molecule has 1 saturated heterocycles. The molecule has 4 heterocycles. The fourth-order valence-electron chi connectivity index (χ4n) is 4.27. The molecule has 10 heteroatoms. The van der Waals surface area contributed by atoms with Crippen LogP contribution in [0, 0.1) is 5.82 Å². The first kappa shape index (κ1) is 21.2. The second kappa shape index (κ2) is 8.36. The highest BCUT2D eigenvalue weighted by Gasteiger charge is 2.31. The number of rotatable bonds is 4. The molecule has 9 nitrogen and oxygen atoms in total. The maximum Gasteiger partial charge on any atom is 0.276 e. The molecule has 1 N–H and O–H groups in total. The van der Waals surface area contributed by atoms with Gasteiger partial charge in [-0.2, -0.15) is 5.10 Å². The van der Waals surface area contributed by atoms with Crippen LogP contribution in [0.2, 0.25) is 0 Å². The molecule has 1 aromatic carbocycles. The van der Waals surface area contributed by atoms with Crippen LogP contribution in [0.1, 0.15) is 28.9 Å². The van der Waals surface area contributed by atoms with Crippen molar-refractivity contribution in [2.75, 3.05) is 44.7 Å². The van der Waals surface area contributed by atoms with E-state index in [1.54, 1.807) is 6.07 Å². The Hall–Kier alpha value is -3.66. The summed E-state index contributed by atoms with van der Waals surface area (Å²) in [6.07, 6.45) is 5.86. The maximum absolute atomic E-state index is 15.4. The van der Waals surface area contributed by atoms with Gasteiger partial charge in [0.1, 0.15) is 17.9 Å². The summed E-state index contributed by atoms with van der Waals surface area (Å²) >= 11 is 0. The predicted molar refractivity (Wildman–Crippen MR) is 122 cm³/mol. The van der Waals surface area contributed by atoms with Gasteiger partial charge in [-0.1, -0.05) is 0 Å². The lowest BCUT2D eigenvalue weighted by Gasteiger charge is -2.37. The summed E-state index contributed by atoms with van der Waals surface area (Å²) in [5.41, 5.74) is 3.22. The number of carbonyl (C=O) groups excluding carboxylic acids is 1. The Balaban J connectivity index is 1.58. The van der Waals surface area contributed by atoms with Gasteiger partial charge in [0.25, 0.3) is 5.91 Å². The molecule has 1 fully saturated rings. The summed E-state index contributed by atoms with van der Waals surface area (Å²) in [5.74, 6) is -0.848. The van der Waals surface area contributed by atoms with E-state index < -0.39 is 17.2 Å². The van der Waals surface area contributed by atoms with Crippen molar-refractivity contribution in [1.29, 1.82) is 0 Å². The van der Waals surface area contributed by atoms with Gasteiger partial charge in [0.05, 0.1) is 35.7 Å². The summed E-state index contributed by atoms with van der Waals surface area (Å²) in [7, 11) is 2.03. The molecule has 0 radical (unpaired) electrons. The van der Waals surface area contributed by atoms with Gasteiger partial charge < -0.3 is 23.5 Å². The average molecular weight is 453 g/mol. The molecule has 3 aromatic rings. The number of hydrazone groups is 1. The third-order valence-electron chi connectivity index (χ3n) is 6.13. The normalized spacial score (nSPS) is 18.6. The second-order valence-electron chi connectivity index (χ2n) is 8.42. The SMILES string of the molecule is CC1COc2c(N3CCN(C)CC3)c(F)cc3c(=O)c(C(=O)N/N=C/c4ccoc4)cn1c23. The van der Waals surface area contributed by atoms with Crippen LogP contribution in [0.3, 0.4) is 0 Å². The van der Waals surface area contributed by atoms with E-state index in [0.29, 0.717) is 42.2 Å². The van der Waals surface area contributed by atoms with E-state index in [2.05, 4.69) is 15.4 Å². The van der Waals surface area contributed by atoms with Crippen LogP contribution in [0.15, 0.2) is 45.2 Å². The molecule has 1 atom stereocenters. The largest absolute Gasteiger partial charge is 0.487 e. The van der Waals surface area contributed by atoms with Crippen molar-refractivity contribution in [3.8, 4) is 5.75 Å². The number of amides is 1. The van der Waals surface area contributed by atoms with Crippen molar-refractivity contribution in [3.05, 3.63) is 58.0 Å². The van der Waals surface area contributed by atoms with E-state index in [4.69, 9.17) is 9.15 Å². The fourth-order valence-corrected chi connectivity index (χ4v) is 4.27. The zero-order valence-corrected chi connectivity index (χ0v) is 18.4. The molecule has 0 saturated carbocycles. The number of pyridine rings is 1. The summed E-state index contributed by atoms with van der Waals surface area (Å²) in [4.78, 5) is 30.1. The third kappa shape index (κ3) is 3.76. The Morgan fingerprint density at radius 2 is 2.09 bits per heavy atom. The first-order valence-electron chi connectivity index (χ1n) is 10.8. The van der Waals surface area contributed by atoms with Crippen LogP contribution >= 0.6 is 0 Å². The number of nitrogens with zero attached hydrogens (tertiary/aromatic N) is 4. The van der Waals surface area contributed by atoms with Gasteiger partial charge >= 0.3 is 0 Å². The van der Waals surface area contributed by atoms with Gasteiger partial charge in [-0.3, -0.25) is 9.59 Å². The van der Waals surface area contributed by atoms with Crippen molar-refractivity contribution in [3.63, 3.8) is 0 Å². The molecule has 2 aliphatic rings.